The molecule has 6 nitrogen and oxygen atoms in total. The molecule has 1 heterocycles. The number of nitrogens with zero attached hydrogens (tertiary/aromatic N) is 2. The summed E-state index contributed by atoms with van der Waals surface area (Å²) in [7, 11) is -3.28. The summed E-state index contributed by atoms with van der Waals surface area (Å²) in [5.74, 6) is -0.435. The van der Waals surface area contributed by atoms with Gasteiger partial charge in [-0.3, -0.25) is 4.79 Å². The maximum Gasteiger partial charge on any atom is 0.281 e. The fourth-order valence-electron chi connectivity index (χ4n) is 2.89. The molecule has 1 N–H and O–H groups in total. The van der Waals surface area contributed by atoms with E-state index in [-0.39, 0.29) is 17.2 Å². The number of rotatable bonds is 3. The second kappa shape index (κ2) is 6.16. The minimum atomic E-state index is -3.28. The molecule has 0 saturated carbocycles. The first kappa shape index (κ1) is 17.4. The molecule has 0 unspecified atom stereocenters. The lowest BCUT2D eigenvalue weighted by Gasteiger charge is -2.19. The van der Waals surface area contributed by atoms with E-state index in [0.717, 1.165) is 17.4 Å². The normalized spacial score (nSPS) is 15.7. The molecule has 25 heavy (non-hydrogen) atoms. The van der Waals surface area contributed by atoms with Crippen molar-refractivity contribution in [2.75, 3.05) is 11.2 Å². The maximum atomic E-state index is 12.6. The first-order chi connectivity index (χ1) is 11.7. The van der Waals surface area contributed by atoms with Gasteiger partial charge >= 0.3 is 0 Å². The van der Waals surface area contributed by atoms with E-state index < -0.39 is 15.7 Å². The number of halogens is 1. The number of aryl methyl sites for hydroxylation is 1. The summed E-state index contributed by atoms with van der Waals surface area (Å²) in [4.78, 5) is 14.3. The van der Waals surface area contributed by atoms with Crippen molar-refractivity contribution in [3.8, 4) is 0 Å². The minimum absolute atomic E-state index is 0.0617. The van der Waals surface area contributed by atoms with E-state index in [1.54, 1.807) is 24.3 Å². The van der Waals surface area contributed by atoms with Crippen molar-refractivity contribution in [3.63, 3.8) is 0 Å². The number of benzene rings is 2. The largest absolute Gasteiger partial charge is 0.410 e. The van der Waals surface area contributed by atoms with Crippen molar-refractivity contribution in [1.29, 1.82) is 0 Å². The number of amides is 1. The van der Waals surface area contributed by atoms with Gasteiger partial charge < -0.3 is 10.1 Å². The summed E-state index contributed by atoms with van der Waals surface area (Å²) in [6, 6.07) is 9.63. The van der Waals surface area contributed by atoms with Crippen molar-refractivity contribution < 1.29 is 18.4 Å². The maximum absolute atomic E-state index is 12.6. The Morgan fingerprint density at radius 3 is 2.40 bits per heavy atom. The topological polar surface area (TPSA) is 87.0 Å². The summed E-state index contributed by atoms with van der Waals surface area (Å²) in [6.45, 7) is 2.04. The molecule has 1 aliphatic rings. The summed E-state index contributed by atoms with van der Waals surface area (Å²) in [6.07, 6.45) is 1.14. The van der Waals surface area contributed by atoms with Crippen molar-refractivity contribution >= 4 is 38.7 Å². The molecular weight excluding hydrogens is 364 g/mol. The molecule has 0 saturated heterocycles. The zero-order valence-electron chi connectivity index (χ0n) is 13.5. The number of fused-ring (bicyclic) bond motifs is 1. The third-order valence-corrected chi connectivity index (χ3v) is 5.38. The second-order valence-electron chi connectivity index (χ2n) is 5.87. The van der Waals surface area contributed by atoms with Gasteiger partial charge in [-0.15, -0.1) is 0 Å². The smallest absolute Gasteiger partial charge is 0.281 e. The van der Waals surface area contributed by atoms with Crippen LogP contribution in [-0.2, 0) is 21.2 Å². The Morgan fingerprint density at radius 1 is 1.20 bits per heavy atom. The minimum Gasteiger partial charge on any atom is -0.410 e. The van der Waals surface area contributed by atoms with Crippen LogP contribution in [0, 0.1) is 6.92 Å². The zero-order chi connectivity index (χ0) is 18.4. The third-order valence-electron chi connectivity index (χ3n) is 4.03. The molecule has 0 aromatic heterocycles. The molecule has 3 rings (SSSR count). The number of sulfone groups is 1. The molecule has 130 valence electrons. The molecule has 0 radical (unpaired) electrons. The first-order valence-corrected chi connectivity index (χ1v) is 9.62. The molecule has 0 spiro atoms. The van der Waals surface area contributed by atoms with Gasteiger partial charge in [0, 0.05) is 16.8 Å². The summed E-state index contributed by atoms with van der Waals surface area (Å²) in [5.41, 5.74) is 2.58. The van der Waals surface area contributed by atoms with Crippen LogP contribution < -0.4 is 4.90 Å². The molecular formula is C17H15ClN2O4S. The first-order valence-electron chi connectivity index (χ1n) is 7.36. The van der Waals surface area contributed by atoms with E-state index in [4.69, 9.17) is 11.6 Å². The second-order valence-corrected chi connectivity index (χ2v) is 8.33. The highest BCUT2D eigenvalue weighted by Crippen LogP contribution is 2.36. The predicted octanol–water partition coefficient (Wildman–Crippen LogP) is 2.78. The van der Waals surface area contributed by atoms with Gasteiger partial charge in [-0.2, -0.15) is 0 Å². The Morgan fingerprint density at radius 2 is 1.84 bits per heavy atom. The highest BCUT2D eigenvalue weighted by Gasteiger charge is 2.36. The van der Waals surface area contributed by atoms with Crippen LogP contribution in [0.15, 0.2) is 46.4 Å². The van der Waals surface area contributed by atoms with Crippen molar-refractivity contribution in [3.05, 3.63) is 58.1 Å². The number of hydrogen-bond donors (Lipinski definition) is 1. The number of anilines is 1. The van der Waals surface area contributed by atoms with E-state index in [2.05, 4.69) is 5.16 Å². The summed E-state index contributed by atoms with van der Waals surface area (Å²) < 4.78 is 23.1. The lowest BCUT2D eigenvalue weighted by atomic mass is 10.1. The van der Waals surface area contributed by atoms with E-state index in [1.165, 1.54) is 17.0 Å². The van der Waals surface area contributed by atoms with E-state index >= 15 is 0 Å². The molecule has 1 amide bonds. The van der Waals surface area contributed by atoms with Crippen LogP contribution in [0.3, 0.4) is 0 Å². The molecule has 0 aliphatic carbocycles. The molecule has 0 fully saturated rings. The van der Waals surface area contributed by atoms with Crippen molar-refractivity contribution in [1.82, 2.24) is 0 Å². The van der Waals surface area contributed by atoms with Crippen molar-refractivity contribution in [2.24, 2.45) is 5.16 Å². The van der Waals surface area contributed by atoms with Gasteiger partial charge in [-0.25, -0.2) is 8.42 Å². The van der Waals surface area contributed by atoms with Gasteiger partial charge in [0.15, 0.2) is 15.5 Å². The van der Waals surface area contributed by atoms with Gasteiger partial charge in [0.25, 0.3) is 5.91 Å². The Kier molecular flexibility index (Phi) is 4.30. The molecule has 2 aromatic carbocycles. The summed E-state index contributed by atoms with van der Waals surface area (Å²) >= 11 is 6.04. The molecule has 1 aliphatic heterocycles. The number of carbonyl (C=O) groups excluding carboxylic acids is 1. The van der Waals surface area contributed by atoms with Crippen LogP contribution in [0.5, 0.6) is 0 Å². The van der Waals surface area contributed by atoms with Crippen LogP contribution in [0.4, 0.5) is 5.69 Å². The monoisotopic (exact) mass is 378 g/mol. The van der Waals surface area contributed by atoms with E-state index in [9.17, 15) is 18.4 Å². The molecule has 0 atom stereocenters. The predicted molar refractivity (Wildman–Crippen MR) is 95.3 cm³/mol. The Labute approximate surface area is 150 Å². The van der Waals surface area contributed by atoms with E-state index in [0.29, 0.717) is 16.3 Å². The van der Waals surface area contributed by atoms with Crippen LogP contribution >= 0.6 is 11.6 Å². The fraction of sp³-hybridized carbons (Fsp3) is 0.176. The standard InChI is InChI=1S/C17H15ClN2O4S/c1-10-7-12(18)8-14-15(19-22)17(21)20(16(10)14)9-11-3-5-13(6-4-11)25(2,23)24/h3-8,22H,9H2,1-2H3/b19-15-. The number of hydrogen-bond acceptors (Lipinski definition) is 5. The van der Waals surface area contributed by atoms with E-state index in [1.807, 2.05) is 6.92 Å². The summed E-state index contributed by atoms with van der Waals surface area (Å²) in [5, 5.41) is 12.8. The van der Waals surface area contributed by atoms with Gasteiger partial charge in [-0.1, -0.05) is 28.9 Å². The van der Waals surface area contributed by atoms with Crippen LogP contribution in [-0.4, -0.2) is 31.5 Å². The highest BCUT2D eigenvalue weighted by molar-refractivity contribution is 7.90. The molecule has 2 aromatic rings. The average molecular weight is 379 g/mol. The Bertz CT molecular complexity index is 998. The van der Waals surface area contributed by atoms with Gasteiger partial charge in [-0.05, 0) is 42.3 Å². The number of oxime groups is 1. The zero-order valence-corrected chi connectivity index (χ0v) is 15.1. The van der Waals surface area contributed by atoms with Crippen LogP contribution in [0.25, 0.3) is 0 Å². The van der Waals surface area contributed by atoms with Gasteiger partial charge in [0.2, 0.25) is 0 Å². The van der Waals surface area contributed by atoms with Crippen LogP contribution in [0.1, 0.15) is 16.7 Å². The third kappa shape index (κ3) is 3.12. The molecule has 0 bridgehead atoms. The quantitative estimate of drug-likeness (QED) is 0.657. The van der Waals surface area contributed by atoms with Gasteiger partial charge in [0.05, 0.1) is 17.1 Å². The Balaban J connectivity index is 2.01. The SMILES string of the molecule is Cc1cc(Cl)cc2c1N(Cc1ccc(S(C)(=O)=O)cc1)C(=O)/C2=N\O. The van der Waals surface area contributed by atoms with Crippen LogP contribution in [0.2, 0.25) is 5.02 Å². The van der Waals surface area contributed by atoms with Gasteiger partial charge in [0.1, 0.15) is 0 Å². The Hall–Kier alpha value is -2.38. The fourth-order valence-corrected chi connectivity index (χ4v) is 3.79. The average Bonchev–Trinajstić information content (AvgIpc) is 2.78. The van der Waals surface area contributed by atoms with Crippen molar-refractivity contribution in [2.45, 2.75) is 18.4 Å². The number of carbonyl (C=O) groups is 1. The lowest BCUT2D eigenvalue weighted by Crippen LogP contribution is -2.29. The molecule has 8 heteroatoms. The lowest BCUT2D eigenvalue weighted by molar-refractivity contribution is -0.112. The highest BCUT2D eigenvalue weighted by atomic mass is 35.5.